The van der Waals surface area contributed by atoms with Crippen molar-refractivity contribution in [3.8, 4) is 0 Å². The van der Waals surface area contributed by atoms with E-state index in [0.29, 0.717) is 19.3 Å². The number of hydrogen-bond donors (Lipinski definition) is 0. The van der Waals surface area contributed by atoms with Gasteiger partial charge in [-0.2, -0.15) is 0 Å². The van der Waals surface area contributed by atoms with Gasteiger partial charge in [-0.05, 0) is 51.4 Å². The van der Waals surface area contributed by atoms with Crippen LogP contribution in [0.1, 0.15) is 400 Å². The summed E-state index contributed by atoms with van der Waals surface area (Å²) in [6.45, 7) is 6.70. The monoisotopic (exact) mass is 1100 g/mol. The van der Waals surface area contributed by atoms with Crippen LogP contribution in [0.4, 0.5) is 0 Å². The molecular formula is C72H136O6. The number of rotatable bonds is 66. The van der Waals surface area contributed by atoms with Crippen LogP contribution in [-0.2, 0) is 28.6 Å². The van der Waals surface area contributed by atoms with E-state index < -0.39 is 6.10 Å². The van der Waals surface area contributed by atoms with Gasteiger partial charge < -0.3 is 14.2 Å². The Morgan fingerprint density at radius 1 is 0.256 bits per heavy atom. The predicted molar refractivity (Wildman–Crippen MR) is 340 cm³/mol. The predicted octanol–water partition coefficient (Wildman–Crippen LogP) is 24.2. The van der Waals surface area contributed by atoms with E-state index in [4.69, 9.17) is 14.2 Å². The van der Waals surface area contributed by atoms with E-state index in [9.17, 15) is 14.4 Å². The molecule has 1 atom stereocenters. The Balaban J connectivity index is 4.20. The standard InChI is InChI=1S/C72H136O6/c1-4-7-10-13-16-19-22-25-28-30-32-33-34-35-36-37-38-39-41-42-44-47-50-53-56-59-62-65-71(74)77-68-69(67-76-70(73)64-61-58-55-52-49-46-27-24-21-18-15-12-9-6-3)78-72(75)66-63-60-57-54-51-48-45-43-40-31-29-26-23-20-17-14-11-8-5-2/h17,20,26,29,69H,4-16,18-19,21-25,27-28,30-68H2,1-3H3/b20-17-,29-26-. The third kappa shape index (κ3) is 64.7. The highest BCUT2D eigenvalue weighted by molar-refractivity contribution is 5.71. The molecule has 0 aromatic heterocycles. The Morgan fingerprint density at radius 3 is 0.731 bits per heavy atom. The van der Waals surface area contributed by atoms with Gasteiger partial charge >= 0.3 is 17.9 Å². The van der Waals surface area contributed by atoms with Gasteiger partial charge in [-0.3, -0.25) is 14.4 Å². The van der Waals surface area contributed by atoms with Gasteiger partial charge in [0.1, 0.15) is 13.2 Å². The molecular weight excluding hydrogens is 961 g/mol. The molecule has 0 aliphatic rings. The van der Waals surface area contributed by atoms with Gasteiger partial charge in [0.25, 0.3) is 0 Å². The zero-order chi connectivity index (χ0) is 56.4. The van der Waals surface area contributed by atoms with E-state index in [1.54, 1.807) is 0 Å². The summed E-state index contributed by atoms with van der Waals surface area (Å²) in [5.74, 6) is -0.838. The highest BCUT2D eigenvalue weighted by Crippen LogP contribution is 2.19. The minimum Gasteiger partial charge on any atom is -0.462 e. The lowest BCUT2D eigenvalue weighted by molar-refractivity contribution is -0.167. The summed E-state index contributed by atoms with van der Waals surface area (Å²) in [7, 11) is 0. The second-order valence-corrected chi connectivity index (χ2v) is 24.2. The quantitative estimate of drug-likeness (QED) is 0.0261. The molecule has 78 heavy (non-hydrogen) atoms. The second kappa shape index (κ2) is 67.4. The summed E-state index contributed by atoms with van der Waals surface area (Å²) in [6.07, 6.45) is 82.1. The first-order valence-electron chi connectivity index (χ1n) is 35.3. The van der Waals surface area contributed by atoms with Gasteiger partial charge in [0.2, 0.25) is 0 Å². The number of carbonyl (C=O) groups is 3. The maximum Gasteiger partial charge on any atom is 0.306 e. The molecule has 0 radical (unpaired) electrons. The summed E-state index contributed by atoms with van der Waals surface area (Å²) in [5, 5.41) is 0. The fourth-order valence-corrected chi connectivity index (χ4v) is 10.9. The molecule has 0 aromatic carbocycles. The van der Waals surface area contributed by atoms with Gasteiger partial charge in [-0.15, -0.1) is 0 Å². The van der Waals surface area contributed by atoms with Crippen LogP contribution >= 0.6 is 0 Å². The molecule has 6 nitrogen and oxygen atoms in total. The number of hydrogen-bond acceptors (Lipinski definition) is 6. The Bertz CT molecular complexity index is 1260. The fourth-order valence-electron chi connectivity index (χ4n) is 10.9. The van der Waals surface area contributed by atoms with Crippen molar-refractivity contribution in [2.24, 2.45) is 0 Å². The lowest BCUT2D eigenvalue weighted by atomic mass is 10.0. The van der Waals surface area contributed by atoms with Crippen LogP contribution in [0.2, 0.25) is 0 Å². The molecule has 0 fully saturated rings. The van der Waals surface area contributed by atoms with E-state index in [1.807, 2.05) is 0 Å². The number of allylic oxidation sites excluding steroid dienone is 4. The topological polar surface area (TPSA) is 78.9 Å². The van der Waals surface area contributed by atoms with Gasteiger partial charge in [-0.25, -0.2) is 0 Å². The van der Waals surface area contributed by atoms with Crippen LogP contribution in [0.25, 0.3) is 0 Å². The summed E-state index contributed by atoms with van der Waals surface area (Å²) in [4.78, 5) is 38.4. The first-order valence-corrected chi connectivity index (χ1v) is 35.3. The van der Waals surface area contributed by atoms with E-state index in [2.05, 4.69) is 45.1 Å². The minimum absolute atomic E-state index is 0.0664. The van der Waals surface area contributed by atoms with Crippen molar-refractivity contribution in [1.82, 2.24) is 0 Å². The average molecular weight is 1100 g/mol. The van der Waals surface area contributed by atoms with Crippen LogP contribution in [0, 0.1) is 0 Å². The molecule has 0 aromatic rings. The van der Waals surface area contributed by atoms with Crippen LogP contribution in [0.3, 0.4) is 0 Å². The summed E-state index contributed by atoms with van der Waals surface area (Å²) < 4.78 is 17.0. The molecule has 0 N–H and O–H groups in total. The van der Waals surface area contributed by atoms with E-state index in [-0.39, 0.29) is 31.1 Å². The smallest absolute Gasteiger partial charge is 0.306 e. The third-order valence-corrected chi connectivity index (χ3v) is 16.2. The van der Waals surface area contributed by atoms with Crippen molar-refractivity contribution in [2.75, 3.05) is 13.2 Å². The molecule has 0 amide bonds. The van der Waals surface area contributed by atoms with Crippen molar-refractivity contribution >= 4 is 17.9 Å². The first kappa shape index (κ1) is 75.9. The Labute approximate surface area is 487 Å². The van der Waals surface area contributed by atoms with Crippen molar-refractivity contribution < 1.29 is 28.6 Å². The summed E-state index contributed by atoms with van der Waals surface area (Å²) in [6, 6.07) is 0. The fraction of sp³-hybridized carbons (Fsp3) is 0.903. The van der Waals surface area contributed by atoms with Crippen molar-refractivity contribution in [2.45, 2.75) is 406 Å². The molecule has 0 rings (SSSR count). The number of ether oxygens (including phenoxy) is 3. The van der Waals surface area contributed by atoms with Crippen LogP contribution < -0.4 is 0 Å². The lowest BCUT2D eigenvalue weighted by Crippen LogP contribution is -2.30. The molecule has 0 bridgehead atoms. The number of carbonyl (C=O) groups excluding carboxylic acids is 3. The maximum absolute atomic E-state index is 12.9. The van der Waals surface area contributed by atoms with Crippen LogP contribution in [-0.4, -0.2) is 37.2 Å². The molecule has 0 spiro atoms. The van der Waals surface area contributed by atoms with Gasteiger partial charge in [0, 0.05) is 19.3 Å². The third-order valence-electron chi connectivity index (χ3n) is 16.2. The average Bonchev–Trinajstić information content (AvgIpc) is 3.44. The highest BCUT2D eigenvalue weighted by Gasteiger charge is 2.19. The Kier molecular flexibility index (Phi) is 65.6. The van der Waals surface area contributed by atoms with Crippen molar-refractivity contribution in [3.05, 3.63) is 24.3 Å². The van der Waals surface area contributed by atoms with Gasteiger partial charge in [0.15, 0.2) is 6.10 Å². The number of unbranched alkanes of at least 4 members (excludes halogenated alkanes) is 51. The van der Waals surface area contributed by atoms with E-state index >= 15 is 0 Å². The lowest BCUT2D eigenvalue weighted by Gasteiger charge is -2.18. The van der Waals surface area contributed by atoms with Crippen LogP contribution in [0.5, 0.6) is 0 Å². The summed E-state index contributed by atoms with van der Waals surface area (Å²) >= 11 is 0. The number of esters is 3. The maximum atomic E-state index is 12.9. The summed E-state index contributed by atoms with van der Waals surface area (Å²) in [5.41, 5.74) is 0. The largest absolute Gasteiger partial charge is 0.462 e. The van der Waals surface area contributed by atoms with Gasteiger partial charge in [0.05, 0.1) is 0 Å². The molecule has 0 aliphatic carbocycles. The molecule has 1 unspecified atom stereocenters. The van der Waals surface area contributed by atoms with Crippen LogP contribution in [0.15, 0.2) is 24.3 Å². The minimum atomic E-state index is -0.770. The second-order valence-electron chi connectivity index (χ2n) is 24.2. The van der Waals surface area contributed by atoms with E-state index in [1.165, 1.54) is 295 Å². The highest BCUT2D eigenvalue weighted by atomic mass is 16.6. The zero-order valence-electron chi connectivity index (χ0n) is 53.0. The zero-order valence-corrected chi connectivity index (χ0v) is 53.0. The van der Waals surface area contributed by atoms with Crippen molar-refractivity contribution in [3.63, 3.8) is 0 Å². The molecule has 460 valence electrons. The molecule has 0 saturated heterocycles. The first-order chi connectivity index (χ1) is 38.5. The molecule has 0 saturated carbocycles. The Morgan fingerprint density at radius 2 is 0.462 bits per heavy atom. The van der Waals surface area contributed by atoms with E-state index in [0.717, 1.165) is 64.2 Å². The molecule has 0 aliphatic heterocycles. The van der Waals surface area contributed by atoms with Crippen molar-refractivity contribution in [1.29, 1.82) is 0 Å². The molecule has 6 heteroatoms. The Hall–Kier alpha value is -2.11. The molecule has 0 heterocycles. The SMILES string of the molecule is CCCCC/C=C\C/C=C\CCCCCCCCCCCC(=O)OC(COC(=O)CCCCCCCCCCCCCCCC)COC(=O)CCCCCCCCCCCCCCCCCCCCCCCCCCCCC. The van der Waals surface area contributed by atoms with Gasteiger partial charge in [-0.1, -0.05) is 353 Å². The normalized spacial score (nSPS) is 12.1.